The van der Waals surface area contributed by atoms with Crippen molar-refractivity contribution in [3.63, 3.8) is 0 Å². The molecule has 1 saturated heterocycles. The predicted octanol–water partition coefficient (Wildman–Crippen LogP) is 3.95. The largest absolute Gasteiger partial charge is 0.399 e. The molecule has 0 amide bonds. The van der Waals surface area contributed by atoms with Crippen LogP contribution in [0.3, 0.4) is 0 Å². The van der Waals surface area contributed by atoms with E-state index in [-0.39, 0.29) is 30.1 Å². The average Bonchev–Trinajstić information content (AvgIpc) is 3.51. The molecule has 5 N–H and O–H groups in total. The van der Waals surface area contributed by atoms with Crippen LogP contribution in [-0.2, 0) is 32.1 Å². The number of allylic oxidation sites excluding steroid dienone is 4. The summed E-state index contributed by atoms with van der Waals surface area (Å²) in [7, 11) is 0. The highest BCUT2D eigenvalue weighted by Crippen LogP contribution is 2.70. The van der Waals surface area contributed by atoms with Crippen LogP contribution >= 0.6 is 0 Å². The van der Waals surface area contributed by atoms with Crippen molar-refractivity contribution in [3.05, 3.63) is 88.5 Å². The molecule has 0 bridgehead atoms. The highest BCUT2D eigenvalue weighted by molar-refractivity contribution is 6.01. The van der Waals surface area contributed by atoms with Crippen LogP contribution in [0, 0.1) is 28.6 Å². The molecule has 0 unspecified atom stereocenters. The molecule has 2 aromatic rings. The van der Waals surface area contributed by atoms with Crippen molar-refractivity contribution in [1.29, 1.82) is 0 Å². The first-order valence-corrected chi connectivity index (χ1v) is 15.7. The van der Waals surface area contributed by atoms with Crippen LogP contribution < -0.4 is 5.73 Å². The first-order valence-electron chi connectivity index (χ1n) is 15.7. The molecule has 1 heterocycles. The summed E-state index contributed by atoms with van der Waals surface area (Å²) >= 11 is 0. The highest BCUT2D eigenvalue weighted by atomic mass is 16.7. The summed E-state index contributed by atoms with van der Waals surface area (Å²) in [5.74, 6) is -0.330. The maximum Gasteiger partial charge on any atom is 0.193 e. The number of ketones is 2. The van der Waals surface area contributed by atoms with Gasteiger partial charge in [-0.1, -0.05) is 55.8 Å². The maximum absolute atomic E-state index is 13.8. The number of fused-ring (bicyclic) bond motifs is 7. The van der Waals surface area contributed by atoms with Crippen LogP contribution in [0.4, 0.5) is 5.69 Å². The molecule has 8 heteroatoms. The first kappa shape index (κ1) is 29.6. The summed E-state index contributed by atoms with van der Waals surface area (Å²) in [5.41, 5.74) is 8.64. The monoisotopic (exact) mass is 599 g/mol. The summed E-state index contributed by atoms with van der Waals surface area (Å²) in [4.78, 5) is 25.9. The molecule has 2 aromatic carbocycles. The summed E-state index contributed by atoms with van der Waals surface area (Å²) in [6.45, 7) is 3.41. The van der Waals surface area contributed by atoms with Gasteiger partial charge in [-0.3, -0.25) is 9.59 Å². The van der Waals surface area contributed by atoms with Crippen LogP contribution in [-0.4, -0.2) is 51.3 Å². The molecule has 3 saturated carbocycles. The Hall–Kier alpha value is -3.14. The van der Waals surface area contributed by atoms with Crippen LogP contribution in [0.5, 0.6) is 0 Å². The molecule has 7 rings (SSSR count). The van der Waals surface area contributed by atoms with Crippen molar-refractivity contribution in [2.24, 2.45) is 28.6 Å². The molecule has 4 aliphatic carbocycles. The van der Waals surface area contributed by atoms with E-state index in [0.717, 1.165) is 40.7 Å². The zero-order chi connectivity index (χ0) is 31.0. The number of aliphatic hydroxyl groups is 3. The summed E-state index contributed by atoms with van der Waals surface area (Å²) in [6, 6.07) is 13.4. The number of nitrogens with two attached hydrogens (primary N) is 1. The van der Waals surface area contributed by atoms with Gasteiger partial charge in [-0.25, -0.2) is 0 Å². The van der Waals surface area contributed by atoms with E-state index in [2.05, 4.69) is 6.92 Å². The lowest BCUT2D eigenvalue weighted by Crippen LogP contribution is -2.63. The van der Waals surface area contributed by atoms with Gasteiger partial charge in [0.1, 0.15) is 6.61 Å². The number of carbonyl (C=O) groups excluding carboxylic acids is 2. The van der Waals surface area contributed by atoms with Gasteiger partial charge in [-0.2, -0.15) is 0 Å². The quantitative estimate of drug-likeness (QED) is 0.366. The second-order valence-electron chi connectivity index (χ2n) is 13.9. The number of hydrogen-bond acceptors (Lipinski definition) is 8. The summed E-state index contributed by atoms with van der Waals surface area (Å²) in [5, 5.41) is 31.8. The van der Waals surface area contributed by atoms with Gasteiger partial charge in [0.05, 0.1) is 18.8 Å². The number of rotatable bonds is 6. The number of carbonyl (C=O) groups is 2. The van der Waals surface area contributed by atoms with E-state index < -0.39 is 47.3 Å². The Morgan fingerprint density at radius 1 is 1.09 bits per heavy atom. The Morgan fingerprint density at radius 3 is 2.59 bits per heavy atom. The molecule has 0 radical (unpaired) electrons. The molecule has 0 aromatic heterocycles. The Labute approximate surface area is 257 Å². The molecular weight excluding hydrogens is 558 g/mol. The third-order valence-corrected chi connectivity index (χ3v) is 11.8. The topological polar surface area (TPSA) is 139 Å². The minimum Gasteiger partial charge on any atom is -0.399 e. The number of Topliss-reactive ketones (excluding diaryl/α,β-unsaturated/α-hetero) is 1. The van der Waals surface area contributed by atoms with E-state index in [9.17, 15) is 24.9 Å². The van der Waals surface area contributed by atoms with Crippen LogP contribution in [0.25, 0.3) is 0 Å². The Bertz CT molecular complexity index is 1560. The number of hydrogen-bond donors (Lipinski definition) is 4. The summed E-state index contributed by atoms with van der Waals surface area (Å²) in [6.07, 6.45) is 6.43. The van der Waals surface area contributed by atoms with E-state index in [1.807, 2.05) is 49.4 Å². The SMILES string of the molecule is C[C@]12C=CC(=O)C=C1CC[C@@H]1[C@@H]2[C@@H](O)C[C@@]2(C)[C@H]1C[C@H]1O[C@@H](c3ccc(Cc4ccc(N)cc4CO)cc3)O[C@]12C(=O)CO. The third kappa shape index (κ3) is 4.15. The average molecular weight is 600 g/mol. The minimum absolute atomic E-state index is 0.00464. The van der Waals surface area contributed by atoms with E-state index in [4.69, 9.17) is 15.2 Å². The highest BCUT2D eigenvalue weighted by Gasteiger charge is 2.75. The van der Waals surface area contributed by atoms with Gasteiger partial charge in [-0.15, -0.1) is 0 Å². The van der Waals surface area contributed by atoms with Gasteiger partial charge < -0.3 is 30.5 Å². The predicted molar refractivity (Wildman–Crippen MR) is 163 cm³/mol. The van der Waals surface area contributed by atoms with Gasteiger partial charge in [0.2, 0.25) is 0 Å². The van der Waals surface area contributed by atoms with Gasteiger partial charge in [0, 0.05) is 28.0 Å². The molecule has 44 heavy (non-hydrogen) atoms. The van der Waals surface area contributed by atoms with Crippen molar-refractivity contribution in [2.75, 3.05) is 12.3 Å². The molecule has 0 spiro atoms. The fourth-order valence-corrected chi connectivity index (χ4v) is 9.81. The van der Waals surface area contributed by atoms with Crippen molar-refractivity contribution in [1.82, 2.24) is 0 Å². The van der Waals surface area contributed by atoms with E-state index in [0.29, 0.717) is 24.9 Å². The fraction of sp³-hybridized carbons (Fsp3) is 0.500. The van der Waals surface area contributed by atoms with Crippen LogP contribution in [0.15, 0.2) is 66.3 Å². The van der Waals surface area contributed by atoms with E-state index in [1.54, 1.807) is 18.2 Å². The molecule has 9 atom stereocenters. The van der Waals surface area contributed by atoms with Crippen LogP contribution in [0.1, 0.15) is 68.1 Å². The third-order valence-electron chi connectivity index (χ3n) is 11.8. The van der Waals surface area contributed by atoms with Crippen molar-refractivity contribution >= 4 is 17.3 Å². The zero-order valence-electron chi connectivity index (χ0n) is 25.2. The number of aliphatic hydroxyl groups excluding tert-OH is 3. The standard InChI is InChI=1S/C36H41NO7/c1-34-12-11-26(40)15-24(34)8-10-27-28-16-31-36(30(42)19-39,35(28,2)17-29(41)32(27)34)44-33(43-31)21-5-3-20(4-6-21)13-22-7-9-25(37)14-23(22)18-38/h3-7,9,11-12,14-15,27-29,31-33,38-39,41H,8,10,13,16-19,37H2,1-2H3/t27-,28-,29-,31+,32+,33+,34-,35-,36+/m0/s1. The lowest BCUT2D eigenvalue weighted by molar-refractivity contribution is -0.201. The maximum atomic E-state index is 13.8. The van der Waals surface area contributed by atoms with Gasteiger partial charge in [0.25, 0.3) is 0 Å². The molecule has 1 aliphatic heterocycles. The first-order chi connectivity index (χ1) is 21.0. The zero-order valence-corrected chi connectivity index (χ0v) is 25.2. The normalized spacial score (nSPS) is 38.8. The molecule has 5 aliphatic rings. The molecule has 232 valence electrons. The smallest absolute Gasteiger partial charge is 0.193 e. The number of anilines is 1. The minimum atomic E-state index is -1.38. The second kappa shape index (κ2) is 10.5. The fourth-order valence-electron chi connectivity index (χ4n) is 9.81. The lowest BCUT2D eigenvalue weighted by Gasteiger charge is -2.59. The van der Waals surface area contributed by atoms with Crippen LogP contribution in [0.2, 0.25) is 0 Å². The van der Waals surface area contributed by atoms with E-state index >= 15 is 0 Å². The number of ether oxygens (including phenoxy) is 2. The second-order valence-corrected chi connectivity index (χ2v) is 13.9. The molecular formula is C36H41NO7. The van der Waals surface area contributed by atoms with Crippen molar-refractivity contribution in [3.8, 4) is 0 Å². The van der Waals surface area contributed by atoms with Gasteiger partial charge in [-0.05, 0) is 84.9 Å². The molecule has 4 fully saturated rings. The van der Waals surface area contributed by atoms with Gasteiger partial charge in [0.15, 0.2) is 23.5 Å². The summed E-state index contributed by atoms with van der Waals surface area (Å²) < 4.78 is 13.3. The van der Waals surface area contributed by atoms with Crippen molar-refractivity contribution in [2.45, 2.75) is 76.7 Å². The lowest BCUT2D eigenvalue weighted by atomic mass is 9.46. The van der Waals surface area contributed by atoms with Gasteiger partial charge >= 0.3 is 0 Å². The van der Waals surface area contributed by atoms with Crippen molar-refractivity contribution < 1.29 is 34.4 Å². The molecule has 8 nitrogen and oxygen atoms in total. The Kier molecular flexibility index (Phi) is 7.03. The van der Waals surface area contributed by atoms with E-state index in [1.165, 1.54) is 0 Å². The Balaban J connectivity index is 1.16. The number of nitrogen functional groups attached to an aromatic ring is 1. The Morgan fingerprint density at radius 2 is 1.86 bits per heavy atom. The number of benzene rings is 2.